The SMILES string of the molecule is CCCCCCc1ccc(-c2ccc(CC(=O)C3CCC(CC)CC3=O)cc2)nc1. The van der Waals surface area contributed by atoms with Crippen LogP contribution in [0.15, 0.2) is 42.6 Å². The van der Waals surface area contributed by atoms with E-state index in [9.17, 15) is 9.59 Å². The van der Waals surface area contributed by atoms with Crippen molar-refractivity contribution in [3.05, 3.63) is 53.7 Å². The molecule has 0 bridgehead atoms. The number of carbonyl (C=O) groups is 2. The van der Waals surface area contributed by atoms with E-state index in [0.717, 1.165) is 42.5 Å². The molecule has 1 fully saturated rings. The van der Waals surface area contributed by atoms with Gasteiger partial charge in [-0.25, -0.2) is 0 Å². The van der Waals surface area contributed by atoms with E-state index in [-0.39, 0.29) is 17.5 Å². The Bertz CT molecular complexity index is 823. The molecule has 1 aromatic carbocycles. The van der Waals surface area contributed by atoms with E-state index in [2.05, 4.69) is 31.0 Å². The first-order valence-electron chi connectivity index (χ1n) is 11.7. The van der Waals surface area contributed by atoms with Crippen molar-refractivity contribution >= 4 is 11.6 Å². The van der Waals surface area contributed by atoms with Gasteiger partial charge in [-0.2, -0.15) is 0 Å². The summed E-state index contributed by atoms with van der Waals surface area (Å²) in [5.41, 5.74) is 4.28. The molecule has 30 heavy (non-hydrogen) atoms. The number of ketones is 2. The van der Waals surface area contributed by atoms with Crippen LogP contribution in [-0.4, -0.2) is 16.6 Å². The Balaban J connectivity index is 1.54. The highest BCUT2D eigenvalue weighted by Gasteiger charge is 2.32. The van der Waals surface area contributed by atoms with Crippen molar-refractivity contribution in [1.29, 1.82) is 0 Å². The fraction of sp³-hybridized carbons (Fsp3) is 0.519. The topological polar surface area (TPSA) is 47.0 Å². The summed E-state index contributed by atoms with van der Waals surface area (Å²) in [5.74, 6) is 0.302. The van der Waals surface area contributed by atoms with Gasteiger partial charge in [-0.3, -0.25) is 14.6 Å². The summed E-state index contributed by atoms with van der Waals surface area (Å²) >= 11 is 0. The standard InChI is InChI=1S/C27H35NO2/c1-3-5-6-7-8-22-12-16-25(28-19-22)23-13-9-21(10-14-23)18-27(30)24-15-11-20(4-2)17-26(24)29/h9-10,12-14,16,19-20,24H,3-8,11,15,17-18H2,1-2H3. The van der Waals surface area contributed by atoms with Crippen molar-refractivity contribution in [2.45, 2.75) is 78.1 Å². The second-order valence-corrected chi connectivity index (χ2v) is 8.78. The smallest absolute Gasteiger partial charge is 0.147 e. The van der Waals surface area contributed by atoms with Gasteiger partial charge in [-0.05, 0) is 48.8 Å². The first-order chi connectivity index (χ1) is 14.6. The van der Waals surface area contributed by atoms with Crippen molar-refractivity contribution < 1.29 is 9.59 Å². The number of nitrogens with zero attached hydrogens (tertiary/aromatic N) is 1. The van der Waals surface area contributed by atoms with Gasteiger partial charge in [-0.15, -0.1) is 0 Å². The number of aryl methyl sites for hydroxylation is 1. The molecule has 3 heteroatoms. The zero-order chi connectivity index (χ0) is 21.3. The van der Waals surface area contributed by atoms with E-state index in [0.29, 0.717) is 18.8 Å². The lowest BCUT2D eigenvalue weighted by Gasteiger charge is -2.25. The lowest BCUT2D eigenvalue weighted by molar-refractivity contribution is -0.135. The summed E-state index contributed by atoms with van der Waals surface area (Å²) in [4.78, 5) is 29.6. The van der Waals surface area contributed by atoms with Crippen molar-refractivity contribution in [2.24, 2.45) is 11.8 Å². The van der Waals surface area contributed by atoms with Gasteiger partial charge in [0.2, 0.25) is 0 Å². The molecule has 0 saturated heterocycles. The molecule has 160 valence electrons. The van der Waals surface area contributed by atoms with Crippen LogP contribution in [0.5, 0.6) is 0 Å². The zero-order valence-electron chi connectivity index (χ0n) is 18.5. The van der Waals surface area contributed by atoms with Crippen LogP contribution < -0.4 is 0 Å². The summed E-state index contributed by atoms with van der Waals surface area (Å²) in [6.07, 6.45) is 11.8. The first-order valence-corrected chi connectivity index (χ1v) is 11.7. The fourth-order valence-electron chi connectivity index (χ4n) is 4.40. The molecule has 1 aliphatic carbocycles. The Morgan fingerprint density at radius 2 is 1.73 bits per heavy atom. The zero-order valence-corrected chi connectivity index (χ0v) is 18.5. The third-order valence-corrected chi connectivity index (χ3v) is 6.48. The van der Waals surface area contributed by atoms with Gasteiger partial charge in [0, 0.05) is 24.6 Å². The highest BCUT2D eigenvalue weighted by Crippen LogP contribution is 2.29. The Morgan fingerprint density at radius 1 is 0.967 bits per heavy atom. The maximum Gasteiger partial charge on any atom is 0.147 e. The summed E-state index contributed by atoms with van der Waals surface area (Å²) in [6.45, 7) is 4.35. The van der Waals surface area contributed by atoms with E-state index in [4.69, 9.17) is 0 Å². The minimum atomic E-state index is -0.390. The molecular weight excluding hydrogens is 370 g/mol. The van der Waals surface area contributed by atoms with Crippen molar-refractivity contribution in [1.82, 2.24) is 4.98 Å². The van der Waals surface area contributed by atoms with Gasteiger partial charge in [0.05, 0.1) is 11.6 Å². The molecule has 3 nitrogen and oxygen atoms in total. The van der Waals surface area contributed by atoms with Crippen LogP contribution in [0, 0.1) is 11.8 Å². The third kappa shape index (κ3) is 6.10. The minimum absolute atomic E-state index is 0.0767. The number of aromatic nitrogens is 1. The predicted molar refractivity (Wildman–Crippen MR) is 122 cm³/mol. The Kier molecular flexibility index (Phi) is 8.36. The van der Waals surface area contributed by atoms with E-state index in [1.807, 2.05) is 30.5 Å². The monoisotopic (exact) mass is 405 g/mol. The van der Waals surface area contributed by atoms with E-state index >= 15 is 0 Å². The van der Waals surface area contributed by atoms with Crippen LogP contribution in [0.25, 0.3) is 11.3 Å². The van der Waals surface area contributed by atoms with Crippen LogP contribution in [0.1, 0.15) is 76.3 Å². The first kappa shape index (κ1) is 22.4. The van der Waals surface area contributed by atoms with E-state index in [1.165, 1.54) is 31.2 Å². The molecule has 1 heterocycles. The van der Waals surface area contributed by atoms with Crippen LogP contribution in [0.4, 0.5) is 0 Å². The molecule has 1 saturated carbocycles. The number of Topliss-reactive ketones (excluding diaryl/α,β-unsaturated/α-hetero) is 2. The van der Waals surface area contributed by atoms with Crippen molar-refractivity contribution in [3.63, 3.8) is 0 Å². The van der Waals surface area contributed by atoms with Gasteiger partial charge in [0.1, 0.15) is 11.6 Å². The van der Waals surface area contributed by atoms with E-state index < -0.39 is 0 Å². The molecule has 0 N–H and O–H groups in total. The van der Waals surface area contributed by atoms with Crippen LogP contribution in [-0.2, 0) is 22.4 Å². The molecule has 2 unspecified atom stereocenters. The third-order valence-electron chi connectivity index (χ3n) is 6.48. The number of carbonyl (C=O) groups excluding carboxylic acids is 2. The molecule has 0 amide bonds. The molecule has 2 aromatic rings. The molecule has 1 aromatic heterocycles. The molecule has 3 rings (SSSR count). The van der Waals surface area contributed by atoms with Crippen molar-refractivity contribution in [3.8, 4) is 11.3 Å². The Morgan fingerprint density at radius 3 is 2.37 bits per heavy atom. The lowest BCUT2D eigenvalue weighted by Crippen LogP contribution is -2.31. The molecule has 2 atom stereocenters. The minimum Gasteiger partial charge on any atom is -0.299 e. The van der Waals surface area contributed by atoms with Gasteiger partial charge < -0.3 is 0 Å². The number of rotatable bonds is 10. The number of pyridine rings is 1. The normalized spacial score (nSPS) is 19.1. The number of benzene rings is 1. The van der Waals surface area contributed by atoms with Gasteiger partial charge in [0.15, 0.2) is 0 Å². The Hall–Kier alpha value is -2.29. The largest absolute Gasteiger partial charge is 0.299 e. The second-order valence-electron chi connectivity index (χ2n) is 8.78. The van der Waals surface area contributed by atoms with Gasteiger partial charge >= 0.3 is 0 Å². The van der Waals surface area contributed by atoms with E-state index in [1.54, 1.807) is 0 Å². The molecule has 0 spiro atoms. The summed E-state index contributed by atoms with van der Waals surface area (Å²) < 4.78 is 0. The highest BCUT2D eigenvalue weighted by atomic mass is 16.1. The van der Waals surface area contributed by atoms with Crippen molar-refractivity contribution in [2.75, 3.05) is 0 Å². The van der Waals surface area contributed by atoms with Crippen LogP contribution >= 0.6 is 0 Å². The molecule has 0 radical (unpaired) electrons. The van der Waals surface area contributed by atoms with Crippen LogP contribution in [0.3, 0.4) is 0 Å². The maximum atomic E-state index is 12.7. The second kappa shape index (κ2) is 11.2. The average molecular weight is 406 g/mol. The summed E-state index contributed by atoms with van der Waals surface area (Å²) in [7, 11) is 0. The Labute approximate surface area is 181 Å². The predicted octanol–water partition coefficient (Wildman–Crippen LogP) is 6.38. The highest BCUT2D eigenvalue weighted by molar-refractivity contribution is 6.03. The van der Waals surface area contributed by atoms with Gasteiger partial charge in [0.25, 0.3) is 0 Å². The number of unbranched alkanes of at least 4 members (excludes halogenated alkanes) is 3. The van der Waals surface area contributed by atoms with Gasteiger partial charge in [-0.1, -0.05) is 69.9 Å². The number of hydrogen-bond acceptors (Lipinski definition) is 3. The average Bonchev–Trinajstić information content (AvgIpc) is 2.77. The molecule has 0 aliphatic heterocycles. The summed E-state index contributed by atoms with van der Waals surface area (Å²) in [6, 6.07) is 12.3. The quantitative estimate of drug-likeness (QED) is 0.340. The molecular formula is C27H35NO2. The number of hydrogen-bond donors (Lipinski definition) is 0. The fourth-order valence-corrected chi connectivity index (χ4v) is 4.40. The lowest BCUT2D eigenvalue weighted by atomic mass is 9.77. The van der Waals surface area contributed by atoms with Crippen LogP contribution in [0.2, 0.25) is 0 Å². The molecule has 1 aliphatic rings. The maximum absolute atomic E-state index is 12.7. The summed E-state index contributed by atoms with van der Waals surface area (Å²) in [5, 5.41) is 0.